The summed E-state index contributed by atoms with van der Waals surface area (Å²) in [4.78, 5) is 2.68. The van der Waals surface area contributed by atoms with Crippen LogP contribution >= 0.6 is 0 Å². The molecule has 2 heteroatoms. The molecule has 2 unspecified atom stereocenters. The van der Waals surface area contributed by atoms with Crippen LogP contribution in [-0.4, -0.2) is 30.6 Å². The molecule has 1 saturated heterocycles. The van der Waals surface area contributed by atoms with Crippen molar-refractivity contribution in [1.29, 1.82) is 0 Å². The fourth-order valence-corrected chi connectivity index (χ4v) is 3.68. The van der Waals surface area contributed by atoms with E-state index in [0.29, 0.717) is 6.04 Å². The summed E-state index contributed by atoms with van der Waals surface area (Å²) >= 11 is 0. The molecule has 2 atom stereocenters. The van der Waals surface area contributed by atoms with E-state index in [0.717, 1.165) is 11.8 Å². The number of rotatable bonds is 5. The Morgan fingerprint density at radius 2 is 1.82 bits per heavy atom. The van der Waals surface area contributed by atoms with Crippen LogP contribution in [0.15, 0.2) is 0 Å². The first-order valence-electron chi connectivity index (χ1n) is 7.77. The SMILES string of the molecule is CCCC1CCN(CCC2CCCC2N)CC1. The van der Waals surface area contributed by atoms with E-state index >= 15 is 0 Å². The van der Waals surface area contributed by atoms with E-state index in [2.05, 4.69) is 11.8 Å². The molecule has 2 N–H and O–H groups in total. The highest BCUT2D eigenvalue weighted by Gasteiger charge is 2.25. The van der Waals surface area contributed by atoms with E-state index in [1.807, 2.05) is 0 Å². The average Bonchev–Trinajstić information content (AvgIpc) is 2.75. The van der Waals surface area contributed by atoms with Crippen molar-refractivity contribution in [3.05, 3.63) is 0 Å². The predicted molar refractivity (Wildman–Crippen MR) is 74.0 cm³/mol. The largest absolute Gasteiger partial charge is 0.327 e. The third-order valence-electron chi connectivity index (χ3n) is 4.94. The first kappa shape index (κ1) is 13.4. The summed E-state index contributed by atoms with van der Waals surface area (Å²) in [6, 6.07) is 0.507. The van der Waals surface area contributed by atoms with Gasteiger partial charge < -0.3 is 10.6 Å². The van der Waals surface area contributed by atoms with Crippen LogP contribution in [0.5, 0.6) is 0 Å². The molecule has 100 valence electrons. The normalized spacial score (nSPS) is 32.1. The molecule has 0 amide bonds. The Bertz CT molecular complexity index is 209. The van der Waals surface area contributed by atoms with Gasteiger partial charge in [0.15, 0.2) is 0 Å². The first-order chi connectivity index (χ1) is 8.29. The summed E-state index contributed by atoms with van der Waals surface area (Å²) < 4.78 is 0. The van der Waals surface area contributed by atoms with Gasteiger partial charge in [0, 0.05) is 6.04 Å². The fourth-order valence-electron chi connectivity index (χ4n) is 3.68. The second-order valence-electron chi connectivity index (χ2n) is 6.22. The van der Waals surface area contributed by atoms with E-state index in [1.54, 1.807) is 0 Å². The first-order valence-corrected chi connectivity index (χ1v) is 7.77. The molecule has 1 aliphatic carbocycles. The Labute approximate surface area is 107 Å². The number of hydrogen-bond acceptors (Lipinski definition) is 2. The summed E-state index contributed by atoms with van der Waals surface area (Å²) in [6.45, 7) is 6.30. The molecule has 2 nitrogen and oxygen atoms in total. The summed E-state index contributed by atoms with van der Waals surface area (Å²) in [5, 5.41) is 0. The number of piperidine rings is 1. The lowest BCUT2D eigenvalue weighted by molar-refractivity contribution is 0.167. The number of likely N-dealkylation sites (tertiary alicyclic amines) is 1. The van der Waals surface area contributed by atoms with Crippen LogP contribution < -0.4 is 5.73 Å². The topological polar surface area (TPSA) is 29.3 Å². The summed E-state index contributed by atoms with van der Waals surface area (Å²) in [6.07, 6.45) is 11.0. The zero-order chi connectivity index (χ0) is 12.1. The highest BCUT2D eigenvalue weighted by Crippen LogP contribution is 2.28. The van der Waals surface area contributed by atoms with Crippen LogP contribution in [0.4, 0.5) is 0 Å². The maximum Gasteiger partial charge on any atom is 0.00676 e. The van der Waals surface area contributed by atoms with Gasteiger partial charge in [0.05, 0.1) is 0 Å². The smallest absolute Gasteiger partial charge is 0.00676 e. The molecule has 0 radical (unpaired) electrons. The summed E-state index contributed by atoms with van der Waals surface area (Å²) in [5.74, 6) is 1.84. The van der Waals surface area contributed by atoms with E-state index in [-0.39, 0.29) is 0 Å². The Hall–Kier alpha value is -0.0800. The molecule has 2 fully saturated rings. The van der Waals surface area contributed by atoms with Gasteiger partial charge in [0.1, 0.15) is 0 Å². The molecule has 0 spiro atoms. The second-order valence-corrected chi connectivity index (χ2v) is 6.22. The molecule has 1 aliphatic heterocycles. The molecule has 1 heterocycles. The van der Waals surface area contributed by atoms with Crippen molar-refractivity contribution in [2.24, 2.45) is 17.6 Å². The monoisotopic (exact) mass is 238 g/mol. The fraction of sp³-hybridized carbons (Fsp3) is 1.00. The summed E-state index contributed by atoms with van der Waals surface area (Å²) in [7, 11) is 0. The lowest BCUT2D eigenvalue weighted by Crippen LogP contribution is -2.36. The standard InChI is InChI=1S/C15H30N2/c1-2-4-13-7-10-17(11-8-13)12-9-14-5-3-6-15(14)16/h13-15H,2-12,16H2,1H3. The second kappa shape index (κ2) is 6.75. The van der Waals surface area contributed by atoms with Gasteiger partial charge in [-0.25, -0.2) is 0 Å². The highest BCUT2D eigenvalue weighted by atomic mass is 15.1. The molecule has 1 saturated carbocycles. The quantitative estimate of drug-likeness (QED) is 0.798. The Kier molecular flexibility index (Phi) is 5.30. The van der Waals surface area contributed by atoms with Crippen molar-refractivity contribution in [3.63, 3.8) is 0 Å². The minimum atomic E-state index is 0.507. The predicted octanol–water partition coefficient (Wildman–Crippen LogP) is 3.02. The Morgan fingerprint density at radius 3 is 2.41 bits per heavy atom. The van der Waals surface area contributed by atoms with E-state index < -0.39 is 0 Å². The molecular formula is C15H30N2. The maximum atomic E-state index is 6.14. The molecule has 2 aliphatic rings. The van der Waals surface area contributed by atoms with Crippen molar-refractivity contribution in [2.75, 3.05) is 19.6 Å². The third kappa shape index (κ3) is 3.96. The van der Waals surface area contributed by atoms with Gasteiger partial charge >= 0.3 is 0 Å². The van der Waals surface area contributed by atoms with Gasteiger partial charge in [0.2, 0.25) is 0 Å². The highest BCUT2D eigenvalue weighted by molar-refractivity contribution is 4.81. The molecule has 17 heavy (non-hydrogen) atoms. The molecule has 0 bridgehead atoms. The minimum absolute atomic E-state index is 0.507. The van der Waals surface area contributed by atoms with Crippen molar-refractivity contribution in [2.45, 2.75) is 64.3 Å². The summed E-state index contributed by atoms with van der Waals surface area (Å²) in [5.41, 5.74) is 6.14. The maximum absolute atomic E-state index is 6.14. The van der Waals surface area contributed by atoms with Gasteiger partial charge in [-0.3, -0.25) is 0 Å². The van der Waals surface area contributed by atoms with Gasteiger partial charge in [0.25, 0.3) is 0 Å². The van der Waals surface area contributed by atoms with Crippen LogP contribution in [0.3, 0.4) is 0 Å². The van der Waals surface area contributed by atoms with E-state index in [9.17, 15) is 0 Å². The van der Waals surface area contributed by atoms with Crippen LogP contribution in [0, 0.1) is 11.8 Å². The van der Waals surface area contributed by atoms with Gasteiger partial charge in [-0.15, -0.1) is 0 Å². The van der Waals surface area contributed by atoms with Crippen molar-refractivity contribution >= 4 is 0 Å². The van der Waals surface area contributed by atoms with Crippen LogP contribution in [0.2, 0.25) is 0 Å². The van der Waals surface area contributed by atoms with Gasteiger partial charge in [-0.2, -0.15) is 0 Å². The lowest BCUT2D eigenvalue weighted by Gasteiger charge is -2.32. The van der Waals surface area contributed by atoms with Crippen molar-refractivity contribution in [3.8, 4) is 0 Å². The molecular weight excluding hydrogens is 208 g/mol. The van der Waals surface area contributed by atoms with Crippen LogP contribution in [0.25, 0.3) is 0 Å². The zero-order valence-corrected chi connectivity index (χ0v) is 11.5. The van der Waals surface area contributed by atoms with Crippen molar-refractivity contribution in [1.82, 2.24) is 4.90 Å². The Morgan fingerprint density at radius 1 is 1.06 bits per heavy atom. The number of hydrogen-bond donors (Lipinski definition) is 1. The van der Waals surface area contributed by atoms with Gasteiger partial charge in [-0.05, 0) is 63.6 Å². The Balaban J connectivity index is 1.61. The third-order valence-corrected chi connectivity index (χ3v) is 4.94. The van der Waals surface area contributed by atoms with Crippen molar-refractivity contribution < 1.29 is 0 Å². The average molecular weight is 238 g/mol. The van der Waals surface area contributed by atoms with E-state index in [4.69, 9.17) is 5.73 Å². The minimum Gasteiger partial charge on any atom is -0.327 e. The molecule has 0 aromatic rings. The molecule has 0 aromatic heterocycles. The number of nitrogens with zero attached hydrogens (tertiary/aromatic N) is 1. The van der Waals surface area contributed by atoms with Crippen LogP contribution in [0.1, 0.15) is 58.3 Å². The van der Waals surface area contributed by atoms with E-state index in [1.165, 1.54) is 71.0 Å². The number of nitrogens with two attached hydrogens (primary N) is 1. The molecule has 2 rings (SSSR count). The lowest BCUT2D eigenvalue weighted by atomic mass is 9.92. The zero-order valence-electron chi connectivity index (χ0n) is 11.5. The molecule has 0 aromatic carbocycles. The van der Waals surface area contributed by atoms with Crippen LogP contribution in [-0.2, 0) is 0 Å². The van der Waals surface area contributed by atoms with Gasteiger partial charge in [-0.1, -0.05) is 26.2 Å².